The Bertz CT molecular complexity index is 932. The fourth-order valence-electron chi connectivity index (χ4n) is 1.97. The highest BCUT2D eigenvalue weighted by Gasteiger charge is 2.09. The molecule has 3 aromatic rings. The minimum atomic E-state index is -0.313. The van der Waals surface area contributed by atoms with Crippen molar-refractivity contribution >= 4 is 75.0 Å². The number of carbonyl (C=O) groups excluding carboxylic acids is 1. The van der Waals surface area contributed by atoms with Crippen LogP contribution >= 0.6 is 47.0 Å². The standard InChI is InChI=1S/C16H11Cl2N5OS2/c17-9-1-6-12(18)13(7-9)21-16(25)20-11-4-2-10(3-5-11)19-15(24)14-8-26-23-22-14/h1-8H,(H,19,24)(H2,20,21,25). The van der Waals surface area contributed by atoms with Gasteiger partial charge in [-0.15, -0.1) is 5.10 Å². The van der Waals surface area contributed by atoms with E-state index < -0.39 is 0 Å². The molecule has 0 spiro atoms. The summed E-state index contributed by atoms with van der Waals surface area (Å²) >= 11 is 18.4. The number of thiocarbonyl (C=S) groups is 1. The zero-order valence-electron chi connectivity index (χ0n) is 13.0. The molecule has 6 nitrogen and oxygen atoms in total. The zero-order valence-corrected chi connectivity index (χ0v) is 16.1. The molecule has 1 aromatic heterocycles. The number of nitrogens with zero attached hydrogens (tertiary/aromatic N) is 2. The molecule has 2 aromatic carbocycles. The summed E-state index contributed by atoms with van der Waals surface area (Å²) in [6.45, 7) is 0. The number of benzene rings is 2. The Morgan fingerprint density at radius 1 is 1.00 bits per heavy atom. The van der Waals surface area contributed by atoms with Crippen LogP contribution in [0, 0.1) is 0 Å². The van der Waals surface area contributed by atoms with Crippen LogP contribution in [0.1, 0.15) is 10.5 Å². The van der Waals surface area contributed by atoms with Gasteiger partial charge in [-0.3, -0.25) is 4.79 Å². The van der Waals surface area contributed by atoms with E-state index in [1.54, 1.807) is 47.8 Å². The average Bonchev–Trinajstić information content (AvgIpc) is 3.14. The molecule has 26 heavy (non-hydrogen) atoms. The summed E-state index contributed by atoms with van der Waals surface area (Å²) in [7, 11) is 0. The van der Waals surface area contributed by atoms with Gasteiger partial charge in [-0.25, -0.2) is 0 Å². The number of halogens is 2. The lowest BCUT2D eigenvalue weighted by Gasteiger charge is -2.12. The Morgan fingerprint density at radius 3 is 2.35 bits per heavy atom. The Morgan fingerprint density at radius 2 is 1.69 bits per heavy atom. The van der Waals surface area contributed by atoms with Crippen LogP contribution in [-0.4, -0.2) is 20.6 Å². The predicted octanol–water partition coefficient (Wildman–Crippen LogP) is 4.91. The molecule has 132 valence electrons. The first kappa shape index (κ1) is 18.5. The van der Waals surface area contributed by atoms with Gasteiger partial charge in [0.2, 0.25) is 0 Å². The largest absolute Gasteiger partial charge is 0.332 e. The van der Waals surface area contributed by atoms with Crippen LogP contribution in [0.15, 0.2) is 47.8 Å². The summed E-state index contributed by atoms with van der Waals surface area (Å²) in [4.78, 5) is 11.9. The van der Waals surface area contributed by atoms with Crippen LogP contribution in [0.3, 0.4) is 0 Å². The molecule has 1 amide bonds. The zero-order chi connectivity index (χ0) is 18.5. The van der Waals surface area contributed by atoms with E-state index in [1.807, 2.05) is 0 Å². The quantitative estimate of drug-likeness (QED) is 0.517. The molecular weight excluding hydrogens is 413 g/mol. The van der Waals surface area contributed by atoms with E-state index in [4.69, 9.17) is 35.4 Å². The molecule has 0 fully saturated rings. The molecule has 0 unspecified atom stereocenters. The lowest BCUT2D eigenvalue weighted by Crippen LogP contribution is -2.19. The molecule has 3 N–H and O–H groups in total. The van der Waals surface area contributed by atoms with Crippen molar-refractivity contribution in [1.82, 2.24) is 9.59 Å². The van der Waals surface area contributed by atoms with Gasteiger partial charge < -0.3 is 16.0 Å². The summed E-state index contributed by atoms with van der Waals surface area (Å²) < 4.78 is 3.66. The number of nitrogens with one attached hydrogen (secondary N) is 3. The first-order valence-electron chi connectivity index (χ1n) is 7.23. The van der Waals surface area contributed by atoms with Crippen molar-refractivity contribution < 1.29 is 4.79 Å². The van der Waals surface area contributed by atoms with Gasteiger partial charge in [-0.1, -0.05) is 27.7 Å². The molecule has 0 saturated carbocycles. The summed E-state index contributed by atoms with van der Waals surface area (Å²) in [5, 5.41) is 15.5. The molecule has 1 heterocycles. The highest BCUT2D eigenvalue weighted by atomic mass is 35.5. The van der Waals surface area contributed by atoms with E-state index in [0.29, 0.717) is 26.5 Å². The molecule has 0 atom stereocenters. The van der Waals surface area contributed by atoms with Crippen molar-refractivity contribution in [3.8, 4) is 0 Å². The Kier molecular flexibility index (Phi) is 6.00. The van der Waals surface area contributed by atoms with Crippen molar-refractivity contribution in [1.29, 1.82) is 0 Å². The third kappa shape index (κ3) is 4.89. The van der Waals surface area contributed by atoms with Gasteiger partial charge in [0.25, 0.3) is 5.91 Å². The maximum Gasteiger partial charge on any atom is 0.277 e. The summed E-state index contributed by atoms with van der Waals surface area (Å²) in [6.07, 6.45) is 0. The molecule has 10 heteroatoms. The Balaban J connectivity index is 1.59. The van der Waals surface area contributed by atoms with Gasteiger partial charge in [0.15, 0.2) is 10.8 Å². The van der Waals surface area contributed by atoms with E-state index >= 15 is 0 Å². The van der Waals surface area contributed by atoms with Gasteiger partial charge in [-0.05, 0) is 66.2 Å². The third-order valence-corrected chi connectivity index (χ3v) is 4.44. The van der Waals surface area contributed by atoms with Gasteiger partial charge in [-0.2, -0.15) is 0 Å². The van der Waals surface area contributed by atoms with Crippen molar-refractivity contribution in [3.05, 3.63) is 63.6 Å². The van der Waals surface area contributed by atoms with Crippen LogP contribution < -0.4 is 16.0 Å². The summed E-state index contributed by atoms with van der Waals surface area (Å²) in [6, 6.07) is 12.1. The predicted molar refractivity (Wildman–Crippen MR) is 111 cm³/mol. The normalized spacial score (nSPS) is 10.2. The molecule has 0 aliphatic carbocycles. The summed E-state index contributed by atoms with van der Waals surface area (Å²) in [5.41, 5.74) is 2.26. The topological polar surface area (TPSA) is 78.9 Å². The lowest BCUT2D eigenvalue weighted by molar-refractivity contribution is 0.102. The average molecular weight is 424 g/mol. The first-order valence-corrected chi connectivity index (χ1v) is 9.23. The van der Waals surface area contributed by atoms with Crippen LogP contribution in [0.4, 0.5) is 17.1 Å². The van der Waals surface area contributed by atoms with E-state index in [9.17, 15) is 4.79 Å². The van der Waals surface area contributed by atoms with Gasteiger partial charge in [0.1, 0.15) is 0 Å². The van der Waals surface area contributed by atoms with E-state index in [2.05, 4.69) is 25.5 Å². The second kappa shape index (κ2) is 8.41. The van der Waals surface area contributed by atoms with Crippen molar-refractivity contribution in [2.45, 2.75) is 0 Å². The molecule has 0 aliphatic heterocycles. The van der Waals surface area contributed by atoms with E-state index in [1.165, 1.54) is 0 Å². The van der Waals surface area contributed by atoms with Gasteiger partial charge in [0, 0.05) is 21.8 Å². The molecule has 3 rings (SSSR count). The van der Waals surface area contributed by atoms with E-state index in [-0.39, 0.29) is 11.6 Å². The van der Waals surface area contributed by atoms with Crippen molar-refractivity contribution in [2.24, 2.45) is 0 Å². The number of carbonyl (C=O) groups is 1. The Hall–Kier alpha value is -2.26. The van der Waals surface area contributed by atoms with Crippen LogP contribution in [0.25, 0.3) is 0 Å². The fourth-order valence-corrected chi connectivity index (χ4v) is 2.97. The lowest BCUT2D eigenvalue weighted by atomic mass is 10.2. The van der Waals surface area contributed by atoms with Gasteiger partial charge >= 0.3 is 0 Å². The van der Waals surface area contributed by atoms with Crippen LogP contribution in [-0.2, 0) is 0 Å². The maximum atomic E-state index is 11.9. The monoisotopic (exact) mass is 423 g/mol. The number of hydrogen-bond donors (Lipinski definition) is 3. The molecule has 0 saturated heterocycles. The second-order valence-corrected chi connectivity index (χ2v) is 6.89. The summed E-state index contributed by atoms with van der Waals surface area (Å²) in [5.74, 6) is -0.313. The number of hydrogen-bond acceptors (Lipinski definition) is 5. The van der Waals surface area contributed by atoms with Crippen LogP contribution in [0.2, 0.25) is 10.0 Å². The van der Waals surface area contributed by atoms with E-state index in [0.717, 1.165) is 17.2 Å². The first-order chi connectivity index (χ1) is 12.5. The highest BCUT2D eigenvalue weighted by molar-refractivity contribution is 7.80. The maximum absolute atomic E-state index is 11.9. The molecule has 0 aliphatic rings. The number of amides is 1. The minimum absolute atomic E-state index is 0.279. The van der Waals surface area contributed by atoms with Crippen molar-refractivity contribution in [3.63, 3.8) is 0 Å². The molecule has 0 bridgehead atoms. The van der Waals surface area contributed by atoms with Gasteiger partial charge in [0.05, 0.1) is 10.7 Å². The second-order valence-electron chi connectivity index (χ2n) is 5.02. The highest BCUT2D eigenvalue weighted by Crippen LogP contribution is 2.25. The van der Waals surface area contributed by atoms with Crippen LogP contribution in [0.5, 0.6) is 0 Å². The SMILES string of the molecule is O=C(Nc1ccc(NC(=S)Nc2cc(Cl)ccc2Cl)cc1)c1csnn1. The fraction of sp³-hybridized carbons (Fsp3) is 0. The number of aromatic nitrogens is 2. The van der Waals surface area contributed by atoms with Crippen molar-refractivity contribution in [2.75, 3.05) is 16.0 Å². The molecular formula is C16H11Cl2N5OS2. The Labute approximate surface area is 168 Å². The minimum Gasteiger partial charge on any atom is -0.332 e. The third-order valence-electron chi connectivity index (χ3n) is 3.17. The number of anilines is 3. The molecule has 0 radical (unpaired) electrons. The number of rotatable bonds is 4. The smallest absolute Gasteiger partial charge is 0.277 e.